The molecule has 0 aliphatic rings. The highest BCUT2D eigenvalue weighted by atomic mass is 35.5. The molecule has 0 unspecified atom stereocenters. The zero-order valence-electron chi connectivity index (χ0n) is 16.0. The summed E-state index contributed by atoms with van der Waals surface area (Å²) in [6, 6.07) is 8.56. The third kappa shape index (κ3) is 4.79. The van der Waals surface area contributed by atoms with Crippen LogP contribution in [0.1, 0.15) is 31.1 Å². The summed E-state index contributed by atoms with van der Waals surface area (Å²) in [4.78, 5) is 3.80. The molecule has 1 aromatic carbocycles. The Kier molecular flexibility index (Phi) is 5.97. The van der Waals surface area contributed by atoms with Crippen molar-refractivity contribution in [2.75, 3.05) is 12.4 Å². The highest BCUT2D eigenvalue weighted by molar-refractivity contribution is 6.29. The van der Waals surface area contributed by atoms with Gasteiger partial charge in [0.25, 0.3) is 5.88 Å². The number of aromatic nitrogens is 4. The summed E-state index contributed by atoms with van der Waals surface area (Å²) in [6.45, 7) is 4.06. The molecule has 0 saturated carbocycles. The summed E-state index contributed by atoms with van der Waals surface area (Å²) in [6.07, 6.45) is -3.44. The van der Waals surface area contributed by atoms with Crippen molar-refractivity contribution < 1.29 is 17.9 Å². The summed E-state index contributed by atoms with van der Waals surface area (Å²) in [5, 5.41) is 10.9. The van der Waals surface area contributed by atoms with Gasteiger partial charge in [-0.1, -0.05) is 35.9 Å². The molecule has 0 saturated heterocycles. The van der Waals surface area contributed by atoms with E-state index in [1.807, 2.05) is 26.0 Å². The van der Waals surface area contributed by atoms with Crippen molar-refractivity contribution in [2.24, 2.45) is 0 Å². The number of alkyl halides is 3. The lowest BCUT2D eigenvalue weighted by Gasteiger charge is -2.12. The Hall–Kier alpha value is -2.81. The second-order valence-electron chi connectivity index (χ2n) is 6.59. The molecule has 2 heterocycles. The summed E-state index contributed by atoms with van der Waals surface area (Å²) < 4.78 is 45.8. The summed E-state index contributed by atoms with van der Waals surface area (Å²) in [7, 11) is 1.48. The van der Waals surface area contributed by atoms with Gasteiger partial charge in [0.1, 0.15) is 11.5 Å². The molecule has 2 aromatic heterocycles. The molecule has 0 bridgehead atoms. The number of hydrogen-bond donors (Lipinski definition) is 1. The number of nitrogens with one attached hydrogen (secondary N) is 1. The molecule has 0 radical (unpaired) electrons. The average molecular weight is 426 g/mol. The lowest BCUT2D eigenvalue weighted by molar-refractivity contribution is -0.140. The van der Waals surface area contributed by atoms with E-state index in [1.54, 1.807) is 18.2 Å². The molecule has 3 rings (SSSR count). The van der Waals surface area contributed by atoms with Crippen molar-refractivity contribution in [3.05, 3.63) is 52.9 Å². The van der Waals surface area contributed by atoms with E-state index in [9.17, 15) is 13.2 Å². The number of imidazole rings is 1. The van der Waals surface area contributed by atoms with Crippen LogP contribution in [0.2, 0.25) is 5.15 Å². The molecule has 0 fully saturated rings. The Bertz CT molecular complexity index is 986. The van der Waals surface area contributed by atoms with Gasteiger partial charge in [-0.3, -0.25) is 0 Å². The number of nitrogens with zero attached hydrogens (tertiary/aromatic N) is 4. The van der Waals surface area contributed by atoms with E-state index < -0.39 is 11.9 Å². The van der Waals surface area contributed by atoms with Gasteiger partial charge >= 0.3 is 6.18 Å². The topological polar surface area (TPSA) is 64.9 Å². The van der Waals surface area contributed by atoms with E-state index in [0.29, 0.717) is 23.7 Å². The number of hydrogen-bond acceptors (Lipinski definition) is 5. The van der Waals surface area contributed by atoms with Gasteiger partial charge in [-0.15, -0.1) is 10.2 Å². The summed E-state index contributed by atoms with van der Waals surface area (Å²) in [5.41, 5.74) is 1.19. The summed E-state index contributed by atoms with van der Waals surface area (Å²) >= 11 is 5.86. The lowest BCUT2D eigenvalue weighted by atomic mass is 10.1. The van der Waals surface area contributed by atoms with Gasteiger partial charge in [0.15, 0.2) is 10.8 Å². The second kappa shape index (κ2) is 8.28. The number of anilines is 1. The first-order valence-corrected chi connectivity index (χ1v) is 9.13. The molecule has 0 spiro atoms. The first-order chi connectivity index (χ1) is 13.7. The Balaban J connectivity index is 1.81. The van der Waals surface area contributed by atoms with Gasteiger partial charge in [-0.05, 0) is 19.4 Å². The number of ether oxygens (including phenoxy) is 1. The number of halogens is 4. The van der Waals surface area contributed by atoms with Crippen molar-refractivity contribution in [1.29, 1.82) is 0 Å². The van der Waals surface area contributed by atoms with Gasteiger partial charge in [0.05, 0.1) is 7.11 Å². The van der Waals surface area contributed by atoms with Crippen molar-refractivity contribution in [2.45, 2.75) is 32.6 Å². The van der Waals surface area contributed by atoms with Gasteiger partial charge in [0.2, 0.25) is 0 Å². The Morgan fingerprint density at radius 3 is 2.45 bits per heavy atom. The Labute approximate surface area is 170 Å². The molecule has 154 valence electrons. The third-order valence-corrected chi connectivity index (χ3v) is 4.38. The standard InChI is InChI=1S/C19H19ClF3N5O/c1-11(2)28-10-15(19(21,22)23)25-17(28)13-6-4-12(5-7-13)9-24-14-8-16(20)26-27-18(14)29-3/h4-8,10-11H,9H2,1-3H3,(H,24,26). The molecule has 0 amide bonds. The third-order valence-electron chi connectivity index (χ3n) is 4.20. The van der Waals surface area contributed by atoms with Crippen LogP contribution in [0.15, 0.2) is 36.5 Å². The SMILES string of the molecule is COc1nnc(Cl)cc1NCc1ccc(-c2nc(C(F)(F)F)cn2C(C)C)cc1. The average Bonchev–Trinajstić information content (AvgIpc) is 3.13. The van der Waals surface area contributed by atoms with Crippen LogP contribution in [0.5, 0.6) is 5.88 Å². The molecule has 3 aromatic rings. The zero-order valence-corrected chi connectivity index (χ0v) is 16.7. The van der Waals surface area contributed by atoms with Crippen LogP contribution in [0.25, 0.3) is 11.4 Å². The fraction of sp³-hybridized carbons (Fsp3) is 0.316. The van der Waals surface area contributed by atoms with E-state index in [2.05, 4.69) is 20.5 Å². The number of benzene rings is 1. The van der Waals surface area contributed by atoms with Crippen LogP contribution in [0, 0.1) is 0 Å². The van der Waals surface area contributed by atoms with Crippen LogP contribution < -0.4 is 10.1 Å². The molecule has 1 N–H and O–H groups in total. The zero-order chi connectivity index (χ0) is 21.2. The van der Waals surface area contributed by atoms with Gasteiger partial charge in [-0.25, -0.2) is 4.98 Å². The molecule has 0 atom stereocenters. The van der Waals surface area contributed by atoms with E-state index >= 15 is 0 Å². The van der Waals surface area contributed by atoms with Gasteiger partial charge < -0.3 is 14.6 Å². The molecule has 0 aliphatic carbocycles. The molecule has 29 heavy (non-hydrogen) atoms. The highest BCUT2D eigenvalue weighted by Gasteiger charge is 2.35. The summed E-state index contributed by atoms with van der Waals surface area (Å²) in [5.74, 6) is 0.586. The minimum atomic E-state index is -4.49. The maximum Gasteiger partial charge on any atom is 0.434 e. The van der Waals surface area contributed by atoms with E-state index in [4.69, 9.17) is 16.3 Å². The molecule has 10 heteroatoms. The first-order valence-electron chi connectivity index (χ1n) is 8.75. The van der Waals surface area contributed by atoms with E-state index in [0.717, 1.165) is 11.8 Å². The monoisotopic (exact) mass is 425 g/mol. The number of methoxy groups -OCH3 is 1. The largest absolute Gasteiger partial charge is 0.478 e. The fourth-order valence-corrected chi connectivity index (χ4v) is 2.89. The molecular formula is C19H19ClF3N5O. The first kappa shape index (κ1) is 20.9. The minimum absolute atomic E-state index is 0.161. The predicted octanol–water partition coefficient (Wildman–Crippen LogP) is 5.21. The lowest BCUT2D eigenvalue weighted by Crippen LogP contribution is -2.05. The quantitative estimate of drug-likeness (QED) is 0.587. The van der Waals surface area contributed by atoms with Gasteiger partial charge in [-0.2, -0.15) is 13.2 Å². The van der Waals surface area contributed by atoms with Crippen LogP contribution >= 0.6 is 11.6 Å². The van der Waals surface area contributed by atoms with Crippen molar-refractivity contribution >= 4 is 17.3 Å². The fourth-order valence-electron chi connectivity index (χ4n) is 2.74. The Morgan fingerprint density at radius 2 is 1.86 bits per heavy atom. The van der Waals surface area contributed by atoms with Crippen molar-refractivity contribution in [3.8, 4) is 17.3 Å². The maximum absolute atomic E-state index is 13.1. The van der Waals surface area contributed by atoms with Crippen LogP contribution in [-0.2, 0) is 12.7 Å². The van der Waals surface area contributed by atoms with Crippen molar-refractivity contribution in [1.82, 2.24) is 19.7 Å². The molecule has 0 aliphatic heterocycles. The minimum Gasteiger partial charge on any atom is -0.478 e. The van der Waals surface area contributed by atoms with Crippen LogP contribution in [0.3, 0.4) is 0 Å². The smallest absolute Gasteiger partial charge is 0.434 e. The van der Waals surface area contributed by atoms with Crippen LogP contribution in [-0.4, -0.2) is 26.9 Å². The molecule has 6 nitrogen and oxygen atoms in total. The van der Waals surface area contributed by atoms with Crippen LogP contribution in [0.4, 0.5) is 18.9 Å². The normalized spacial score (nSPS) is 11.7. The van der Waals surface area contributed by atoms with E-state index in [-0.39, 0.29) is 17.0 Å². The molecular weight excluding hydrogens is 407 g/mol. The number of rotatable bonds is 6. The van der Waals surface area contributed by atoms with Crippen molar-refractivity contribution in [3.63, 3.8) is 0 Å². The highest BCUT2D eigenvalue weighted by Crippen LogP contribution is 2.32. The maximum atomic E-state index is 13.1. The Morgan fingerprint density at radius 1 is 1.17 bits per heavy atom. The van der Waals surface area contributed by atoms with Gasteiger partial charge in [0, 0.05) is 30.4 Å². The predicted molar refractivity (Wildman–Crippen MR) is 104 cm³/mol. The second-order valence-corrected chi connectivity index (χ2v) is 6.98. The van der Waals surface area contributed by atoms with E-state index in [1.165, 1.54) is 11.7 Å².